The molecule has 1 aromatic heterocycles. The van der Waals surface area contributed by atoms with E-state index in [1.54, 1.807) is 18.4 Å². The summed E-state index contributed by atoms with van der Waals surface area (Å²) in [4.78, 5) is 11.1. The number of thiophene rings is 1. The van der Waals surface area contributed by atoms with Crippen LogP contribution >= 0.6 is 11.3 Å². The van der Waals surface area contributed by atoms with Crippen LogP contribution in [0.15, 0.2) is 28.6 Å². The van der Waals surface area contributed by atoms with Gasteiger partial charge in [0.1, 0.15) is 5.84 Å². The Labute approximate surface area is 129 Å². The van der Waals surface area contributed by atoms with Crippen LogP contribution in [0.1, 0.15) is 21.6 Å². The average Bonchev–Trinajstić information content (AvgIpc) is 2.82. The number of hydrogen-bond donors (Lipinski definition) is 2. The molecule has 1 aromatic carbocycles. The van der Waals surface area contributed by atoms with Crippen molar-refractivity contribution in [2.75, 3.05) is 19.6 Å². The largest absolute Gasteiger partial charge is 0.381 e. The van der Waals surface area contributed by atoms with E-state index in [1.165, 1.54) is 0 Å². The minimum atomic E-state index is 0.828. The normalized spacial score (nSPS) is 11.4. The predicted molar refractivity (Wildman–Crippen MR) is 90.7 cm³/mol. The monoisotopic (exact) mass is 303 g/mol. The number of aliphatic imine (C=N–C) groups is 1. The Hall–Kier alpha value is -2.01. The molecule has 0 aliphatic heterocycles. The second-order valence-electron chi connectivity index (χ2n) is 4.85. The zero-order valence-corrected chi connectivity index (χ0v) is 13.9. The first-order valence-corrected chi connectivity index (χ1v) is 7.68. The lowest BCUT2D eigenvalue weighted by Crippen LogP contribution is -2.19. The molecule has 21 heavy (non-hydrogen) atoms. The lowest BCUT2D eigenvalue weighted by Gasteiger charge is -2.13. The summed E-state index contributed by atoms with van der Waals surface area (Å²) in [5, 5.41) is 5.09. The van der Waals surface area contributed by atoms with E-state index >= 15 is 0 Å². The fourth-order valence-electron chi connectivity index (χ4n) is 2.14. The van der Waals surface area contributed by atoms with Gasteiger partial charge in [0.15, 0.2) is 5.75 Å². The third kappa shape index (κ3) is 3.19. The van der Waals surface area contributed by atoms with Gasteiger partial charge in [0.05, 0.1) is 10.6 Å². The zero-order valence-electron chi connectivity index (χ0n) is 13.1. The maximum absolute atomic E-state index is 5.78. The molecule has 2 aromatic rings. The molecule has 0 atom stereocenters. The van der Waals surface area contributed by atoms with Gasteiger partial charge < -0.3 is 10.2 Å². The summed E-state index contributed by atoms with van der Waals surface area (Å²) in [5.41, 5.74) is 7.49. The quantitative estimate of drug-likeness (QED) is 0.514. The molecular weight excluding hydrogens is 282 g/mol. The second kappa shape index (κ2) is 6.63. The van der Waals surface area contributed by atoms with Crippen molar-refractivity contribution in [2.45, 2.75) is 20.8 Å². The Balaban J connectivity index is 2.18. The lowest BCUT2D eigenvalue weighted by atomic mass is 10.1. The van der Waals surface area contributed by atoms with Gasteiger partial charge in [0.2, 0.25) is 0 Å². The Morgan fingerprint density at radius 1 is 1.19 bits per heavy atom. The van der Waals surface area contributed by atoms with Crippen molar-refractivity contribution < 1.29 is 4.84 Å². The van der Waals surface area contributed by atoms with Gasteiger partial charge in [-0.1, -0.05) is 18.2 Å². The highest BCUT2D eigenvalue weighted by Gasteiger charge is 2.13. The molecule has 112 valence electrons. The fourth-order valence-corrected chi connectivity index (χ4v) is 3.18. The van der Waals surface area contributed by atoms with Crippen LogP contribution in [0, 0.1) is 20.8 Å². The maximum atomic E-state index is 5.78. The summed E-state index contributed by atoms with van der Waals surface area (Å²) >= 11 is 1.62. The van der Waals surface area contributed by atoms with E-state index in [0.29, 0.717) is 0 Å². The number of amidine groups is 1. The third-order valence-electron chi connectivity index (χ3n) is 3.41. The molecule has 0 spiro atoms. The van der Waals surface area contributed by atoms with Gasteiger partial charge in [0, 0.05) is 25.0 Å². The molecule has 0 aliphatic carbocycles. The van der Waals surface area contributed by atoms with Gasteiger partial charge >= 0.3 is 0 Å². The van der Waals surface area contributed by atoms with Crippen LogP contribution in [0.5, 0.6) is 5.75 Å². The molecule has 0 radical (unpaired) electrons. The Bertz CT molecular complexity index is 641. The molecule has 0 amide bonds. The van der Waals surface area contributed by atoms with Gasteiger partial charge in [-0.15, -0.1) is 11.3 Å². The zero-order chi connectivity index (χ0) is 15.4. The van der Waals surface area contributed by atoms with Crippen molar-refractivity contribution in [1.29, 1.82) is 0 Å². The topological polar surface area (TPSA) is 45.7 Å². The first-order chi connectivity index (χ1) is 10.1. The van der Waals surface area contributed by atoms with E-state index in [-0.39, 0.29) is 0 Å². The lowest BCUT2D eigenvalue weighted by molar-refractivity contribution is 0.403. The van der Waals surface area contributed by atoms with Crippen molar-refractivity contribution in [3.05, 3.63) is 45.1 Å². The minimum Gasteiger partial charge on any atom is -0.381 e. The highest BCUT2D eigenvalue weighted by molar-refractivity contribution is 7.12. The molecule has 2 rings (SSSR count). The molecule has 0 saturated heterocycles. The van der Waals surface area contributed by atoms with Gasteiger partial charge in [0.25, 0.3) is 0 Å². The smallest absolute Gasteiger partial charge is 0.169 e. The van der Waals surface area contributed by atoms with E-state index < -0.39 is 0 Å². The van der Waals surface area contributed by atoms with E-state index in [0.717, 1.165) is 38.8 Å². The molecule has 0 fully saturated rings. The molecule has 0 bridgehead atoms. The molecule has 2 N–H and O–H groups in total. The van der Waals surface area contributed by atoms with Crippen LogP contribution < -0.4 is 15.6 Å². The van der Waals surface area contributed by atoms with E-state index in [4.69, 9.17) is 4.84 Å². The van der Waals surface area contributed by atoms with Gasteiger partial charge in [-0.25, -0.2) is 5.48 Å². The molecule has 0 aliphatic rings. The summed E-state index contributed by atoms with van der Waals surface area (Å²) in [6.07, 6.45) is 0. The van der Waals surface area contributed by atoms with Crippen LogP contribution in [-0.4, -0.2) is 19.9 Å². The predicted octanol–water partition coefficient (Wildman–Crippen LogP) is 3.68. The molecule has 1 heterocycles. The van der Waals surface area contributed by atoms with Crippen LogP contribution in [0.25, 0.3) is 0 Å². The standard InChI is InChI=1S/C16H21N3OS/c1-10-7-6-8-11(2)14(10)19-20-13-9-21-15(12(13)3)16(17-4)18-5/h6-9,19H,1-5H3,(H,17,18). The first kappa shape index (κ1) is 15.4. The average molecular weight is 303 g/mol. The SMILES string of the molecule is CN=C(NC)c1scc(ONc2c(C)cccc2C)c1C. The van der Waals surface area contributed by atoms with Crippen LogP contribution in [0.2, 0.25) is 0 Å². The van der Waals surface area contributed by atoms with Crippen molar-refractivity contribution in [3.8, 4) is 5.75 Å². The van der Waals surface area contributed by atoms with Crippen LogP contribution in [0.3, 0.4) is 0 Å². The van der Waals surface area contributed by atoms with Crippen molar-refractivity contribution in [2.24, 2.45) is 4.99 Å². The highest BCUT2D eigenvalue weighted by Crippen LogP contribution is 2.29. The number of aryl methyl sites for hydroxylation is 2. The summed E-state index contributed by atoms with van der Waals surface area (Å²) in [6.45, 7) is 6.16. The summed E-state index contributed by atoms with van der Waals surface area (Å²) in [5.74, 6) is 1.70. The maximum Gasteiger partial charge on any atom is 0.169 e. The second-order valence-corrected chi connectivity index (χ2v) is 5.73. The number of para-hydroxylation sites is 1. The van der Waals surface area contributed by atoms with Crippen LogP contribution in [-0.2, 0) is 0 Å². The van der Waals surface area contributed by atoms with Gasteiger partial charge in [-0.3, -0.25) is 4.99 Å². The number of rotatable bonds is 4. The van der Waals surface area contributed by atoms with Gasteiger partial charge in [-0.2, -0.15) is 0 Å². The number of hydrogen-bond acceptors (Lipinski definition) is 4. The van der Waals surface area contributed by atoms with Crippen molar-refractivity contribution in [1.82, 2.24) is 5.32 Å². The number of anilines is 1. The Kier molecular flexibility index (Phi) is 4.85. The third-order valence-corrected chi connectivity index (χ3v) is 4.48. The highest BCUT2D eigenvalue weighted by atomic mass is 32.1. The molecule has 5 heteroatoms. The molecule has 0 unspecified atom stereocenters. The van der Waals surface area contributed by atoms with Crippen LogP contribution in [0.4, 0.5) is 5.69 Å². The van der Waals surface area contributed by atoms with E-state index in [2.05, 4.69) is 41.8 Å². The van der Waals surface area contributed by atoms with E-state index in [1.807, 2.05) is 25.4 Å². The molecular formula is C16H21N3OS. The summed E-state index contributed by atoms with van der Waals surface area (Å²) in [6, 6.07) is 6.17. The number of benzene rings is 1. The Morgan fingerprint density at radius 2 is 1.86 bits per heavy atom. The van der Waals surface area contributed by atoms with E-state index in [9.17, 15) is 0 Å². The number of nitrogens with one attached hydrogen (secondary N) is 2. The summed E-state index contributed by atoms with van der Waals surface area (Å²) < 4.78 is 0. The molecule has 0 saturated carbocycles. The fraction of sp³-hybridized carbons (Fsp3) is 0.312. The van der Waals surface area contributed by atoms with Gasteiger partial charge in [-0.05, 0) is 31.9 Å². The molecule has 4 nitrogen and oxygen atoms in total. The minimum absolute atomic E-state index is 0.828. The Morgan fingerprint density at radius 3 is 2.43 bits per heavy atom. The first-order valence-electron chi connectivity index (χ1n) is 6.80. The van der Waals surface area contributed by atoms with Crippen molar-refractivity contribution >= 4 is 22.9 Å². The van der Waals surface area contributed by atoms with Crippen molar-refractivity contribution in [3.63, 3.8) is 0 Å². The summed E-state index contributed by atoms with van der Waals surface area (Å²) in [7, 11) is 3.65. The number of nitrogens with zero attached hydrogens (tertiary/aromatic N) is 1.